The smallest absolute Gasteiger partial charge is 0.0457 e. The minimum Gasteiger partial charge on any atom is -0.361 e. The van der Waals surface area contributed by atoms with Crippen LogP contribution in [0.2, 0.25) is 0 Å². The number of rotatable bonds is 4. The Labute approximate surface area is 90.5 Å². The van der Waals surface area contributed by atoms with Crippen LogP contribution in [0.1, 0.15) is 37.8 Å². The maximum atomic E-state index is 6.17. The number of fused-ring (bicyclic) bond motifs is 1. The van der Waals surface area contributed by atoms with Gasteiger partial charge in [-0.1, -0.05) is 38.0 Å². The molecule has 2 rings (SSSR count). The fourth-order valence-electron chi connectivity index (χ4n) is 1.98. The molecule has 3 N–H and O–H groups in total. The van der Waals surface area contributed by atoms with Gasteiger partial charge in [0.25, 0.3) is 0 Å². The van der Waals surface area contributed by atoms with Gasteiger partial charge in [-0.2, -0.15) is 0 Å². The lowest BCUT2D eigenvalue weighted by atomic mass is 10.0. The van der Waals surface area contributed by atoms with Gasteiger partial charge in [0.1, 0.15) is 0 Å². The molecule has 0 saturated heterocycles. The zero-order valence-electron chi connectivity index (χ0n) is 9.16. The lowest BCUT2D eigenvalue weighted by Gasteiger charge is -2.09. The van der Waals surface area contributed by atoms with Crippen LogP contribution in [-0.4, -0.2) is 4.98 Å². The van der Waals surface area contributed by atoms with Gasteiger partial charge in [0.2, 0.25) is 0 Å². The van der Waals surface area contributed by atoms with Crippen molar-refractivity contribution in [3.63, 3.8) is 0 Å². The topological polar surface area (TPSA) is 41.8 Å². The zero-order valence-corrected chi connectivity index (χ0v) is 9.16. The summed E-state index contributed by atoms with van der Waals surface area (Å²) in [5.74, 6) is 0. The molecule has 1 aromatic carbocycles. The second kappa shape index (κ2) is 4.49. The molecule has 80 valence electrons. The molecule has 15 heavy (non-hydrogen) atoms. The molecule has 2 heteroatoms. The van der Waals surface area contributed by atoms with Crippen molar-refractivity contribution < 1.29 is 0 Å². The molecule has 0 aliphatic carbocycles. The van der Waals surface area contributed by atoms with Crippen LogP contribution in [0, 0.1) is 0 Å². The number of nitrogens with one attached hydrogen (secondary N) is 1. The first-order chi connectivity index (χ1) is 7.33. The first kappa shape index (κ1) is 10.2. The van der Waals surface area contributed by atoms with E-state index < -0.39 is 0 Å². The molecule has 0 spiro atoms. The highest BCUT2D eigenvalue weighted by atomic mass is 14.7. The third-order valence-electron chi connectivity index (χ3n) is 2.89. The molecule has 0 saturated carbocycles. The van der Waals surface area contributed by atoms with Gasteiger partial charge in [-0.05, 0) is 18.1 Å². The first-order valence-corrected chi connectivity index (χ1v) is 5.64. The molecule has 1 aromatic heterocycles. The molecule has 0 aliphatic heterocycles. The van der Waals surface area contributed by atoms with Crippen molar-refractivity contribution in [3.8, 4) is 0 Å². The van der Waals surface area contributed by atoms with E-state index in [-0.39, 0.29) is 6.04 Å². The number of nitrogens with two attached hydrogens (primary N) is 1. The SMILES string of the molecule is CCCC[C@H](N)c1c[nH]c2ccccc12. The summed E-state index contributed by atoms with van der Waals surface area (Å²) >= 11 is 0. The van der Waals surface area contributed by atoms with Gasteiger partial charge in [-0.15, -0.1) is 0 Å². The maximum absolute atomic E-state index is 6.17. The number of aromatic amines is 1. The second-order valence-corrected chi connectivity index (χ2v) is 4.04. The summed E-state index contributed by atoms with van der Waals surface area (Å²) in [6, 6.07) is 8.49. The molecule has 2 aromatic rings. The lowest BCUT2D eigenvalue weighted by Crippen LogP contribution is -2.09. The van der Waals surface area contributed by atoms with Crippen LogP contribution in [0.5, 0.6) is 0 Å². The number of unbranched alkanes of at least 4 members (excludes halogenated alkanes) is 1. The highest BCUT2D eigenvalue weighted by molar-refractivity contribution is 5.83. The molecule has 2 nitrogen and oxygen atoms in total. The van der Waals surface area contributed by atoms with Crippen molar-refractivity contribution >= 4 is 10.9 Å². The fourth-order valence-corrected chi connectivity index (χ4v) is 1.98. The summed E-state index contributed by atoms with van der Waals surface area (Å²) in [5, 5.41) is 1.26. The minimum atomic E-state index is 0.168. The standard InChI is InChI=1S/C13H18N2/c1-2-3-7-12(14)11-9-15-13-8-5-4-6-10(11)13/h4-6,8-9,12,15H,2-3,7,14H2,1H3/t12-/m0/s1. The lowest BCUT2D eigenvalue weighted by molar-refractivity contribution is 0.606. The highest BCUT2D eigenvalue weighted by Crippen LogP contribution is 2.25. The van der Waals surface area contributed by atoms with Crippen molar-refractivity contribution in [1.29, 1.82) is 0 Å². The van der Waals surface area contributed by atoms with E-state index in [0.717, 1.165) is 6.42 Å². The Hall–Kier alpha value is -1.28. The predicted molar refractivity (Wildman–Crippen MR) is 64.8 cm³/mol. The Balaban J connectivity index is 2.27. The van der Waals surface area contributed by atoms with Crippen LogP contribution in [0.15, 0.2) is 30.5 Å². The molecule has 0 fully saturated rings. The summed E-state index contributed by atoms with van der Waals surface area (Å²) in [4.78, 5) is 3.27. The van der Waals surface area contributed by atoms with E-state index in [0.29, 0.717) is 0 Å². The van der Waals surface area contributed by atoms with Gasteiger partial charge >= 0.3 is 0 Å². The van der Waals surface area contributed by atoms with Gasteiger partial charge in [-0.25, -0.2) is 0 Å². The van der Waals surface area contributed by atoms with Crippen molar-refractivity contribution in [2.24, 2.45) is 5.73 Å². The summed E-state index contributed by atoms with van der Waals surface area (Å²) < 4.78 is 0. The third kappa shape index (κ3) is 2.05. The van der Waals surface area contributed by atoms with E-state index >= 15 is 0 Å². The normalized spacial score (nSPS) is 13.2. The van der Waals surface area contributed by atoms with E-state index in [1.807, 2.05) is 12.3 Å². The molecular formula is C13H18N2. The summed E-state index contributed by atoms with van der Waals surface area (Å²) in [6.45, 7) is 2.20. The average Bonchev–Trinajstić information content (AvgIpc) is 2.69. The quantitative estimate of drug-likeness (QED) is 0.784. The van der Waals surface area contributed by atoms with E-state index in [9.17, 15) is 0 Å². The molecule has 0 aliphatic rings. The number of benzene rings is 1. The Morgan fingerprint density at radius 3 is 2.93 bits per heavy atom. The number of hydrogen-bond acceptors (Lipinski definition) is 1. The van der Waals surface area contributed by atoms with Gasteiger partial charge in [0, 0.05) is 23.1 Å². The first-order valence-electron chi connectivity index (χ1n) is 5.64. The van der Waals surface area contributed by atoms with E-state index in [2.05, 4.69) is 30.1 Å². The maximum Gasteiger partial charge on any atom is 0.0457 e. The minimum absolute atomic E-state index is 0.168. The highest BCUT2D eigenvalue weighted by Gasteiger charge is 2.10. The third-order valence-corrected chi connectivity index (χ3v) is 2.89. The van der Waals surface area contributed by atoms with Gasteiger partial charge in [0.05, 0.1) is 0 Å². The van der Waals surface area contributed by atoms with E-state index in [1.165, 1.54) is 29.3 Å². The van der Waals surface area contributed by atoms with Crippen LogP contribution in [0.3, 0.4) is 0 Å². The Morgan fingerprint density at radius 2 is 2.13 bits per heavy atom. The summed E-state index contributed by atoms with van der Waals surface area (Å²) in [5.41, 5.74) is 8.60. The molecule has 0 radical (unpaired) electrons. The Kier molecular flexibility index (Phi) is 3.07. The van der Waals surface area contributed by atoms with Gasteiger partial charge < -0.3 is 10.7 Å². The molecular weight excluding hydrogens is 184 g/mol. The monoisotopic (exact) mass is 202 g/mol. The average molecular weight is 202 g/mol. The van der Waals surface area contributed by atoms with Gasteiger partial charge in [-0.3, -0.25) is 0 Å². The Bertz CT molecular complexity index is 431. The molecule has 1 heterocycles. The van der Waals surface area contributed by atoms with Crippen LogP contribution in [-0.2, 0) is 0 Å². The van der Waals surface area contributed by atoms with Crippen LogP contribution in [0.4, 0.5) is 0 Å². The number of para-hydroxylation sites is 1. The number of aromatic nitrogens is 1. The zero-order chi connectivity index (χ0) is 10.7. The predicted octanol–water partition coefficient (Wildman–Crippen LogP) is 3.36. The summed E-state index contributed by atoms with van der Waals surface area (Å²) in [6.07, 6.45) is 5.51. The molecule has 0 bridgehead atoms. The van der Waals surface area contributed by atoms with Gasteiger partial charge in [0.15, 0.2) is 0 Å². The molecule has 0 unspecified atom stereocenters. The fraction of sp³-hybridized carbons (Fsp3) is 0.385. The van der Waals surface area contributed by atoms with Crippen LogP contribution < -0.4 is 5.73 Å². The second-order valence-electron chi connectivity index (χ2n) is 4.04. The van der Waals surface area contributed by atoms with Crippen molar-refractivity contribution in [2.75, 3.05) is 0 Å². The van der Waals surface area contributed by atoms with Crippen molar-refractivity contribution in [2.45, 2.75) is 32.2 Å². The molecule has 1 atom stereocenters. The summed E-state index contributed by atoms with van der Waals surface area (Å²) in [7, 11) is 0. The van der Waals surface area contributed by atoms with E-state index in [4.69, 9.17) is 5.73 Å². The molecule has 0 amide bonds. The Morgan fingerprint density at radius 1 is 1.33 bits per heavy atom. The van der Waals surface area contributed by atoms with E-state index in [1.54, 1.807) is 0 Å². The van der Waals surface area contributed by atoms with Crippen LogP contribution in [0.25, 0.3) is 10.9 Å². The number of hydrogen-bond donors (Lipinski definition) is 2. The van der Waals surface area contributed by atoms with Crippen molar-refractivity contribution in [3.05, 3.63) is 36.0 Å². The van der Waals surface area contributed by atoms with Crippen molar-refractivity contribution in [1.82, 2.24) is 4.98 Å². The van der Waals surface area contributed by atoms with Crippen LogP contribution >= 0.6 is 0 Å². The largest absolute Gasteiger partial charge is 0.361 e. The number of H-pyrrole nitrogens is 1.